The van der Waals surface area contributed by atoms with Gasteiger partial charge in [-0.25, -0.2) is 0 Å². The summed E-state index contributed by atoms with van der Waals surface area (Å²) in [6.45, 7) is 2.38. The molecule has 1 aromatic rings. The lowest BCUT2D eigenvalue weighted by atomic mass is 10.2. The van der Waals surface area contributed by atoms with Crippen LogP contribution in [0.25, 0.3) is 0 Å². The summed E-state index contributed by atoms with van der Waals surface area (Å²) in [6, 6.07) is 2.07. The number of hydrogen-bond acceptors (Lipinski definition) is 4. The molecular weight excluding hydrogens is 194 g/mol. The first-order valence-electron chi connectivity index (χ1n) is 4.64. The fraction of sp³-hybridized carbons (Fsp3) is 0.500. The number of hydrogen-bond donors (Lipinski definition) is 0. The van der Waals surface area contributed by atoms with Crippen molar-refractivity contribution < 1.29 is 9.53 Å². The number of esters is 1. The summed E-state index contributed by atoms with van der Waals surface area (Å²) >= 11 is 0. The van der Waals surface area contributed by atoms with Crippen LogP contribution in [0.4, 0.5) is 0 Å². The van der Waals surface area contributed by atoms with Crippen LogP contribution in [-0.4, -0.2) is 22.9 Å². The number of carbonyl (C=O) groups is 1. The van der Waals surface area contributed by atoms with E-state index in [0.29, 0.717) is 19.4 Å². The van der Waals surface area contributed by atoms with E-state index in [4.69, 9.17) is 5.26 Å². The molecule has 0 radical (unpaired) electrons. The number of nitrogens with zero attached hydrogens (tertiary/aromatic N) is 3. The monoisotopic (exact) mass is 207 g/mol. The zero-order chi connectivity index (χ0) is 11.3. The largest absolute Gasteiger partial charge is 0.469 e. The highest BCUT2D eigenvalue weighted by atomic mass is 16.5. The van der Waals surface area contributed by atoms with Crippen LogP contribution in [0.1, 0.15) is 17.7 Å². The van der Waals surface area contributed by atoms with E-state index in [0.717, 1.165) is 11.3 Å². The third-order valence-electron chi connectivity index (χ3n) is 2.23. The fourth-order valence-corrected chi connectivity index (χ4v) is 1.27. The Morgan fingerprint density at radius 3 is 3.07 bits per heavy atom. The molecule has 0 atom stereocenters. The smallest absolute Gasteiger partial charge is 0.307 e. The Labute approximate surface area is 88.3 Å². The summed E-state index contributed by atoms with van der Waals surface area (Å²) in [6.07, 6.45) is 2.31. The summed E-state index contributed by atoms with van der Waals surface area (Å²) in [5.41, 5.74) is 1.84. The highest BCUT2D eigenvalue weighted by Crippen LogP contribution is 2.08. The molecule has 0 aliphatic heterocycles. The standard InChI is InChI=1S/C10H13N3O2/c1-8-9(3-5-11)7-12-13(8)6-4-10(14)15-2/h7H,3-4,6H2,1-2H3. The van der Waals surface area contributed by atoms with Gasteiger partial charge in [-0.2, -0.15) is 10.4 Å². The first-order chi connectivity index (χ1) is 7.19. The number of nitriles is 1. The van der Waals surface area contributed by atoms with Gasteiger partial charge in [0.05, 0.1) is 38.8 Å². The van der Waals surface area contributed by atoms with Crippen LogP contribution < -0.4 is 0 Å². The summed E-state index contributed by atoms with van der Waals surface area (Å²) in [7, 11) is 1.36. The molecule has 1 rings (SSSR count). The molecule has 0 aliphatic carbocycles. The normalized spacial score (nSPS) is 9.67. The van der Waals surface area contributed by atoms with Crippen LogP contribution in [0, 0.1) is 18.3 Å². The number of methoxy groups -OCH3 is 1. The summed E-state index contributed by atoms with van der Waals surface area (Å²) in [4.78, 5) is 10.9. The van der Waals surface area contributed by atoms with Gasteiger partial charge in [0.2, 0.25) is 0 Å². The van der Waals surface area contributed by atoms with Gasteiger partial charge in [-0.1, -0.05) is 0 Å². The van der Waals surface area contributed by atoms with E-state index in [1.807, 2.05) is 6.92 Å². The summed E-state index contributed by atoms with van der Waals surface area (Å²) in [5, 5.41) is 12.6. The van der Waals surface area contributed by atoms with Gasteiger partial charge in [0.1, 0.15) is 0 Å². The second-order valence-electron chi connectivity index (χ2n) is 3.14. The number of ether oxygens (including phenoxy) is 1. The van der Waals surface area contributed by atoms with Gasteiger partial charge < -0.3 is 4.74 Å². The van der Waals surface area contributed by atoms with Crippen LogP contribution in [0.2, 0.25) is 0 Å². The van der Waals surface area contributed by atoms with Crippen molar-refractivity contribution in [3.05, 3.63) is 17.5 Å². The van der Waals surface area contributed by atoms with E-state index >= 15 is 0 Å². The Kier molecular flexibility index (Phi) is 3.86. The molecule has 0 aromatic carbocycles. The molecule has 0 unspecified atom stereocenters. The molecule has 0 bridgehead atoms. The first kappa shape index (κ1) is 11.2. The van der Waals surface area contributed by atoms with E-state index < -0.39 is 0 Å². The predicted octanol–water partition coefficient (Wildman–Crippen LogP) is 0.821. The number of rotatable bonds is 4. The lowest BCUT2D eigenvalue weighted by molar-refractivity contribution is -0.140. The van der Waals surface area contributed by atoms with E-state index in [1.165, 1.54) is 7.11 Å². The maximum Gasteiger partial charge on any atom is 0.307 e. The van der Waals surface area contributed by atoms with Gasteiger partial charge in [-0.05, 0) is 6.92 Å². The van der Waals surface area contributed by atoms with E-state index in [-0.39, 0.29) is 5.97 Å². The second kappa shape index (κ2) is 5.15. The number of aryl methyl sites for hydroxylation is 1. The van der Waals surface area contributed by atoms with Crippen molar-refractivity contribution in [3.8, 4) is 6.07 Å². The molecule has 0 fully saturated rings. The molecule has 15 heavy (non-hydrogen) atoms. The highest BCUT2D eigenvalue weighted by molar-refractivity contribution is 5.68. The minimum atomic E-state index is -0.258. The Bertz CT molecular complexity index is 390. The van der Waals surface area contributed by atoms with Crippen molar-refractivity contribution in [1.82, 2.24) is 9.78 Å². The van der Waals surface area contributed by atoms with Crippen molar-refractivity contribution in [2.45, 2.75) is 26.3 Å². The quantitative estimate of drug-likeness (QED) is 0.685. The van der Waals surface area contributed by atoms with E-state index in [1.54, 1.807) is 10.9 Å². The SMILES string of the molecule is COC(=O)CCn1ncc(CC#N)c1C. The summed E-state index contributed by atoms with van der Waals surface area (Å²) in [5.74, 6) is -0.258. The van der Waals surface area contributed by atoms with Gasteiger partial charge in [0.25, 0.3) is 0 Å². The predicted molar refractivity (Wildman–Crippen MR) is 52.9 cm³/mol. The van der Waals surface area contributed by atoms with Crippen LogP contribution in [0.3, 0.4) is 0 Å². The Morgan fingerprint density at radius 2 is 2.47 bits per heavy atom. The molecule has 1 aromatic heterocycles. The van der Waals surface area contributed by atoms with Crippen molar-refractivity contribution in [1.29, 1.82) is 5.26 Å². The molecule has 5 nitrogen and oxygen atoms in total. The number of carbonyl (C=O) groups excluding carboxylic acids is 1. The van der Waals surface area contributed by atoms with Crippen LogP contribution in [-0.2, 0) is 22.5 Å². The zero-order valence-electron chi connectivity index (χ0n) is 8.86. The van der Waals surface area contributed by atoms with Gasteiger partial charge in [-0.15, -0.1) is 0 Å². The third kappa shape index (κ3) is 2.81. The molecule has 0 saturated heterocycles. The minimum Gasteiger partial charge on any atom is -0.469 e. The Hall–Kier alpha value is -1.83. The first-order valence-corrected chi connectivity index (χ1v) is 4.64. The van der Waals surface area contributed by atoms with Gasteiger partial charge in [0, 0.05) is 11.3 Å². The van der Waals surface area contributed by atoms with Gasteiger partial charge in [0.15, 0.2) is 0 Å². The second-order valence-corrected chi connectivity index (χ2v) is 3.14. The lowest BCUT2D eigenvalue weighted by Crippen LogP contribution is -2.09. The molecule has 0 saturated carbocycles. The van der Waals surface area contributed by atoms with Crippen LogP contribution in [0.15, 0.2) is 6.20 Å². The maximum atomic E-state index is 10.9. The van der Waals surface area contributed by atoms with Gasteiger partial charge in [-0.3, -0.25) is 9.48 Å². The van der Waals surface area contributed by atoms with Crippen molar-refractivity contribution in [2.75, 3.05) is 7.11 Å². The van der Waals surface area contributed by atoms with Crippen molar-refractivity contribution in [3.63, 3.8) is 0 Å². The zero-order valence-corrected chi connectivity index (χ0v) is 8.86. The molecule has 0 aliphatic rings. The molecular formula is C10H13N3O2. The highest BCUT2D eigenvalue weighted by Gasteiger charge is 2.07. The third-order valence-corrected chi connectivity index (χ3v) is 2.23. The Morgan fingerprint density at radius 1 is 1.73 bits per heavy atom. The van der Waals surface area contributed by atoms with Crippen LogP contribution >= 0.6 is 0 Å². The van der Waals surface area contributed by atoms with E-state index in [9.17, 15) is 4.79 Å². The average Bonchev–Trinajstić information content (AvgIpc) is 2.58. The van der Waals surface area contributed by atoms with Crippen molar-refractivity contribution in [2.24, 2.45) is 0 Å². The minimum absolute atomic E-state index is 0.258. The topological polar surface area (TPSA) is 67.9 Å². The molecule has 1 heterocycles. The molecule has 0 amide bonds. The molecule has 5 heteroatoms. The fourth-order valence-electron chi connectivity index (χ4n) is 1.27. The lowest BCUT2D eigenvalue weighted by Gasteiger charge is -2.03. The van der Waals surface area contributed by atoms with Gasteiger partial charge >= 0.3 is 5.97 Å². The molecule has 0 spiro atoms. The molecule has 0 N–H and O–H groups in total. The average molecular weight is 207 g/mol. The molecule has 80 valence electrons. The number of aromatic nitrogens is 2. The maximum absolute atomic E-state index is 10.9. The Balaban J connectivity index is 2.63. The van der Waals surface area contributed by atoms with E-state index in [2.05, 4.69) is 15.9 Å². The van der Waals surface area contributed by atoms with Crippen molar-refractivity contribution >= 4 is 5.97 Å². The van der Waals surface area contributed by atoms with Crippen LogP contribution in [0.5, 0.6) is 0 Å². The summed E-state index contributed by atoms with van der Waals surface area (Å²) < 4.78 is 6.25.